The maximum atomic E-state index is 13.8. The molecule has 0 saturated carbocycles. The van der Waals surface area contributed by atoms with Crippen LogP contribution in [0.4, 0.5) is 0 Å². The van der Waals surface area contributed by atoms with Gasteiger partial charge < -0.3 is 97.4 Å². The number of carbonyl (C=O) groups excluding carboxylic acids is 7. The minimum Gasteiger partial charge on any atom is -0.497 e. The maximum absolute atomic E-state index is 13.8. The molecule has 0 aliphatic heterocycles. The Morgan fingerprint density at radius 2 is 0.935 bits per heavy atom. The zero-order valence-electron chi connectivity index (χ0n) is 32.6. The van der Waals surface area contributed by atoms with Crippen LogP contribution in [0.15, 0.2) is 54.6 Å². The molecule has 2 rings (SSSR count). The minimum absolute atomic E-state index is 0.0210. The number of primary amides is 1. The summed E-state index contributed by atoms with van der Waals surface area (Å²) in [5, 5.41) is 64.5. The first-order valence-corrected chi connectivity index (χ1v) is 17.5. The third kappa shape index (κ3) is 16.8. The molecule has 2 aromatic carbocycles. The van der Waals surface area contributed by atoms with Crippen molar-refractivity contribution in [2.24, 2.45) is 34.4 Å². The molecule has 30 heteroatoms. The average Bonchev–Trinajstić information content (AvgIpc) is 3.20. The van der Waals surface area contributed by atoms with Crippen molar-refractivity contribution in [2.75, 3.05) is 7.11 Å². The molecule has 62 heavy (non-hydrogen) atoms. The second-order valence-electron chi connectivity index (χ2n) is 12.4. The van der Waals surface area contributed by atoms with Crippen molar-refractivity contribution in [1.29, 1.82) is 21.6 Å². The number of methoxy groups -OCH3 is 1. The largest absolute Gasteiger partial charge is 0.497 e. The number of rotatable bonds is 22. The van der Waals surface area contributed by atoms with Crippen LogP contribution in [0.3, 0.4) is 0 Å². The molecule has 0 bridgehead atoms. The Labute approximate surface area is 351 Å². The molecule has 2 aromatic rings. The van der Waals surface area contributed by atoms with Gasteiger partial charge in [-0.1, -0.05) is 42.5 Å². The van der Waals surface area contributed by atoms with Gasteiger partial charge in [-0.3, -0.25) is 60.5 Å². The van der Waals surface area contributed by atoms with Crippen molar-refractivity contribution in [3.05, 3.63) is 65.7 Å². The van der Waals surface area contributed by atoms with Crippen molar-refractivity contribution in [3.8, 4) is 5.75 Å². The van der Waals surface area contributed by atoms with Crippen LogP contribution in [0.1, 0.15) is 17.2 Å². The number of hydrogen-bond acceptors (Lipinski definition) is 15. The minimum atomic E-state index is -2.11. The fraction of sp³-hybridized carbons (Fsp3) is 0.281. The highest BCUT2D eigenvalue weighted by Gasteiger charge is 2.34. The van der Waals surface area contributed by atoms with E-state index in [1.807, 2.05) is 26.6 Å². The maximum Gasteiger partial charge on any atom is 0.265 e. The van der Waals surface area contributed by atoms with E-state index in [9.17, 15) is 38.7 Å². The highest BCUT2D eigenvalue weighted by Crippen LogP contribution is 2.14. The molecule has 28 N–H and O–H groups in total. The lowest BCUT2D eigenvalue weighted by Gasteiger charge is -2.28. The van der Waals surface area contributed by atoms with Crippen molar-refractivity contribution in [2.45, 2.75) is 49.6 Å². The summed E-state index contributed by atoms with van der Waals surface area (Å²) < 4.78 is 5.11. The number of ether oxygens (including phenoxy) is 1. The van der Waals surface area contributed by atoms with Crippen LogP contribution in [0.5, 0.6) is 5.75 Å². The van der Waals surface area contributed by atoms with E-state index in [1.54, 1.807) is 30.3 Å². The van der Waals surface area contributed by atoms with Gasteiger partial charge in [0, 0.05) is 6.54 Å². The van der Waals surface area contributed by atoms with Gasteiger partial charge in [0.2, 0.25) is 5.91 Å². The van der Waals surface area contributed by atoms with Gasteiger partial charge in [-0.25, -0.2) is 0 Å². The van der Waals surface area contributed by atoms with Crippen molar-refractivity contribution >= 4 is 65.2 Å². The normalized spacial score (nSPS) is 13.8. The van der Waals surface area contributed by atoms with Crippen molar-refractivity contribution < 1.29 is 43.4 Å². The molecular weight excluding hydrogens is 822 g/mol. The number of hydrogen-bond donors (Lipinski definition) is 22. The van der Waals surface area contributed by atoms with E-state index in [-0.39, 0.29) is 12.1 Å². The lowest BCUT2D eigenvalue weighted by molar-refractivity contribution is -0.137. The SMILES string of the molecule is COc1ccc(CNC(O)C(=O)NC(C(=O)NC(NC(=N)N)C(=O)NC(NC(=N)N)C(=O)NC(NC(=N)N)C(=O)NC(NC(=N)N)C(=O)NC(N)C(N)=O)c2ccccc2)cc1. The predicted molar refractivity (Wildman–Crippen MR) is 216 cm³/mol. The molecule has 0 saturated heterocycles. The monoisotopic (exact) mass is 871 g/mol. The van der Waals surface area contributed by atoms with E-state index in [2.05, 4.69) is 31.9 Å². The Kier molecular flexibility index (Phi) is 19.0. The number of aliphatic hydroxyl groups excluding tert-OH is 1. The number of aliphatic hydroxyl groups is 1. The first kappa shape index (κ1) is 49.6. The zero-order valence-corrected chi connectivity index (χ0v) is 32.6. The van der Waals surface area contributed by atoms with Gasteiger partial charge in [0.05, 0.1) is 7.11 Å². The number of amides is 7. The Morgan fingerprint density at radius 1 is 0.548 bits per heavy atom. The summed E-state index contributed by atoms with van der Waals surface area (Å²) in [6.07, 6.45) is -11.8. The summed E-state index contributed by atoms with van der Waals surface area (Å²) in [5.41, 5.74) is 32.8. The second-order valence-corrected chi connectivity index (χ2v) is 12.4. The molecule has 336 valence electrons. The van der Waals surface area contributed by atoms with Crippen LogP contribution in [0.2, 0.25) is 0 Å². The topological polar surface area (TPSA) is 533 Å². The van der Waals surface area contributed by atoms with E-state index < -0.39 is 108 Å². The summed E-state index contributed by atoms with van der Waals surface area (Å²) in [5.74, 6) is -11.8. The highest BCUT2D eigenvalue weighted by atomic mass is 16.5. The molecule has 7 amide bonds. The molecule has 7 atom stereocenters. The fourth-order valence-electron chi connectivity index (χ4n) is 4.72. The Hall–Kier alpha value is -8.51. The summed E-state index contributed by atoms with van der Waals surface area (Å²) >= 11 is 0. The third-order valence-corrected chi connectivity index (χ3v) is 7.59. The number of nitrogens with two attached hydrogens (primary N) is 6. The Morgan fingerprint density at radius 3 is 1.31 bits per heavy atom. The van der Waals surface area contributed by atoms with Crippen LogP contribution in [0.25, 0.3) is 0 Å². The van der Waals surface area contributed by atoms with Gasteiger partial charge in [-0.2, -0.15) is 0 Å². The van der Waals surface area contributed by atoms with E-state index in [1.165, 1.54) is 31.4 Å². The molecule has 0 aliphatic carbocycles. The van der Waals surface area contributed by atoms with Gasteiger partial charge in [-0.05, 0) is 23.3 Å². The van der Waals surface area contributed by atoms with Gasteiger partial charge in [0.25, 0.3) is 35.4 Å². The van der Waals surface area contributed by atoms with Crippen molar-refractivity contribution in [1.82, 2.24) is 58.5 Å². The summed E-state index contributed by atoms with van der Waals surface area (Å²) in [6.45, 7) is 0.0210. The molecule has 0 radical (unpaired) electrons. The number of nitrogens with one attached hydrogen (secondary N) is 15. The predicted octanol–water partition coefficient (Wildman–Crippen LogP) is -9.45. The summed E-state index contributed by atoms with van der Waals surface area (Å²) in [7, 11) is 1.49. The molecule has 30 nitrogen and oxygen atoms in total. The Balaban J connectivity index is 2.32. The van der Waals surface area contributed by atoms with Crippen LogP contribution < -0.4 is 97.6 Å². The standard InChI is InChI=1S/C32H49N21O9/c1-62-14-9-7-12(8-10-14)11-43-27(60)28(61)44-15(13-5-3-2-4-6-13)22(55)46-19(51-30(37)38)24(57)48-21(53-32(41)42)26(59)49-20(52-31(39)40)25(58)47-18(50-29(35)36)23(56)45-16(33)17(34)54/h2-10,15-16,18-21,27,43,60H,11,33H2,1H3,(H2,34,54)(H,44,61)(H,45,56)(H,46,55)(H,47,58)(H,48,57)(H,49,59)(H4,35,36,50)(H4,37,38,51)(H4,39,40,52)(H4,41,42,53). The second kappa shape index (κ2) is 23.8. The van der Waals surface area contributed by atoms with E-state index in [4.69, 9.17) is 60.8 Å². The highest BCUT2D eigenvalue weighted by molar-refractivity contribution is 6.00. The molecule has 0 heterocycles. The van der Waals surface area contributed by atoms with Crippen LogP contribution in [-0.4, -0.2) is 114 Å². The average molecular weight is 872 g/mol. The van der Waals surface area contributed by atoms with Gasteiger partial charge in [0.1, 0.15) is 11.8 Å². The van der Waals surface area contributed by atoms with E-state index >= 15 is 0 Å². The number of benzene rings is 2. The van der Waals surface area contributed by atoms with Gasteiger partial charge in [0.15, 0.2) is 60.9 Å². The number of guanidine groups is 4. The number of carbonyl (C=O) groups is 7. The first-order valence-electron chi connectivity index (χ1n) is 17.5. The van der Waals surface area contributed by atoms with Crippen LogP contribution in [0, 0.1) is 21.6 Å². The molecule has 0 aromatic heterocycles. The van der Waals surface area contributed by atoms with Crippen molar-refractivity contribution in [3.63, 3.8) is 0 Å². The van der Waals surface area contributed by atoms with Gasteiger partial charge in [-0.15, -0.1) is 0 Å². The zero-order chi connectivity index (χ0) is 46.7. The van der Waals surface area contributed by atoms with Crippen LogP contribution in [-0.2, 0) is 40.1 Å². The molecular formula is C32H49N21O9. The molecule has 7 unspecified atom stereocenters. The first-order chi connectivity index (χ1) is 29.1. The smallest absolute Gasteiger partial charge is 0.265 e. The van der Waals surface area contributed by atoms with E-state index in [0.29, 0.717) is 11.3 Å². The molecule has 0 fully saturated rings. The molecule has 0 spiro atoms. The lowest BCUT2D eigenvalue weighted by atomic mass is 10.1. The van der Waals surface area contributed by atoms with Crippen LogP contribution >= 0.6 is 0 Å². The third-order valence-electron chi connectivity index (χ3n) is 7.59. The summed E-state index contributed by atoms with van der Waals surface area (Å²) in [4.78, 5) is 91.2. The quantitative estimate of drug-likeness (QED) is 0.0297. The molecule has 0 aliphatic rings. The summed E-state index contributed by atoms with van der Waals surface area (Å²) in [6, 6.07) is 12.6. The van der Waals surface area contributed by atoms with E-state index in [0.717, 1.165) is 0 Å². The van der Waals surface area contributed by atoms with Gasteiger partial charge >= 0.3 is 0 Å². The lowest BCUT2D eigenvalue weighted by Crippen LogP contribution is -2.69. The fourth-order valence-corrected chi connectivity index (χ4v) is 4.72. The Bertz CT molecular complexity index is 1990.